The Morgan fingerprint density at radius 1 is 0.421 bits per heavy atom. The van der Waals surface area contributed by atoms with Gasteiger partial charge in [0, 0.05) is 56.9 Å². The Balaban J connectivity index is 1.36. The maximum atomic E-state index is 15.1. The number of halogens is 4. The van der Waals surface area contributed by atoms with E-state index in [0.717, 1.165) is 72.4 Å². The minimum absolute atomic E-state index is 0.292. The van der Waals surface area contributed by atoms with E-state index in [9.17, 15) is 8.78 Å². The van der Waals surface area contributed by atoms with Gasteiger partial charge in [-0.15, -0.1) is 45.3 Å². The lowest BCUT2D eigenvalue weighted by atomic mass is 10.0. The van der Waals surface area contributed by atoms with Gasteiger partial charge in [-0.05, 0) is 59.7 Å². The van der Waals surface area contributed by atoms with Gasteiger partial charge in [0.25, 0.3) is 0 Å². The highest BCUT2D eigenvalue weighted by Crippen LogP contribution is 2.50. The lowest BCUT2D eigenvalue weighted by Gasteiger charge is -2.02. The Hall–Kier alpha value is -3.30. The second-order valence-electron chi connectivity index (χ2n) is 9.07. The van der Waals surface area contributed by atoms with Gasteiger partial charge in [-0.25, -0.2) is 8.78 Å². The number of benzene rings is 4. The van der Waals surface area contributed by atoms with E-state index in [0.29, 0.717) is 22.3 Å². The largest absolute Gasteiger partial charge is 0.207 e. The summed E-state index contributed by atoms with van der Waals surface area (Å²) < 4.78 is 62.0. The molecule has 0 atom stereocenters. The van der Waals surface area contributed by atoms with Gasteiger partial charge >= 0.3 is 0 Å². The summed E-state index contributed by atoms with van der Waals surface area (Å²) in [5.74, 6) is -0.711. The summed E-state index contributed by atoms with van der Waals surface area (Å²) in [5, 5.41) is 4.24. The van der Waals surface area contributed by atoms with Gasteiger partial charge in [0.15, 0.2) is 10.3 Å². The van der Waals surface area contributed by atoms with Gasteiger partial charge < -0.3 is 0 Å². The topological polar surface area (TPSA) is 0 Å². The predicted octanol–water partition coefficient (Wildman–Crippen LogP) is 11.6. The van der Waals surface area contributed by atoms with E-state index in [-0.39, 0.29) is 21.9 Å². The first kappa shape index (κ1) is 22.7. The summed E-state index contributed by atoms with van der Waals surface area (Å²) in [6.45, 7) is 0. The van der Waals surface area contributed by atoms with Crippen molar-refractivity contribution in [2.45, 2.75) is 0 Å². The molecule has 184 valence electrons. The van der Waals surface area contributed by atoms with Crippen LogP contribution >= 0.6 is 45.3 Å². The van der Waals surface area contributed by atoms with E-state index in [2.05, 4.69) is 0 Å². The highest BCUT2D eigenvalue weighted by atomic mass is 32.2. The van der Waals surface area contributed by atoms with Crippen LogP contribution in [0.5, 0.6) is 0 Å². The summed E-state index contributed by atoms with van der Waals surface area (Å²) in [7, 11) is 0. The first-order valence-corrected chi connectivity index (χ1v) is 14.9. The molecule has 0 amide bonds. The summed E-state index contributed by atoms with van der Waals surface area (Å²) >= 11 is 5.51. The Kier molecular flexibility index (Phi) is 4.83. The van der Waals surface area contributed by atoms with E-state index >= 15 is 8.78 Å². The number of hydrogen-bond donors (Lipinski definition) is 0. The van der Waals surface area contributed by atoms with Crippen LogP contribution < -0.4 is 0 Å². The summed E-state index contributed by atoms with van der Waals surface area (Å²) in [6, 6.07) is 20.0. The molecule has 0 spiro atoms. The SMILES string of the molecule is Fc1ccc(-c2c(F)sc3cc4c(cc23)sc2sc3cc5c(-c6ccc(F)cc6)c(F)sc5cc3c24)cc1. The van der Waals surface area contributed by atoms with Crippen LogP contribution in [0.4, 0.5) is 17.6 Å². The van der Waals surface area contributed by atoms with Gasteiger partial charge in [0.1, 0.15) is 11.6 Å². The van der Waals surface area contributed by atoms with Gasteiger partial charge in [0.2, 0.25) is 0 Å². The number of rotatable bonds is 2. The summed E-state index contributed by atoms with van der Waals surface area (Å²) in [4.78, 5) is 0. The molecule has 0 unspecified atom stereocenters. The molecule has 8 aromatic rings. The number of thiophene rings is 4. The monoisotopic (exact) mass is 576 g/mol. The van der Waals surface area contributed by atoms with Gasteiger partial charge in [0.05, 0.1) is 4.01 Å². The van der Waals surface area contributed by atoms with Crippen LogP contribution in [0.15, 0.2) is 72.8 Å². The highest BCUT2D eigenvalue weighted by Gasteiger charge is 2.21. The van der Waals surface area contributed by atoms with E-state index in [1.54, 1.807) is 46.9 Å². The van der Waals surface area contributed by atoms with Crippen LogP contribution in [-0.4, -0.2) is 0 Å². The van der Waals surface area contributed by atoms with E-state index in [1.807, 2.05) is 24.3 Å². The molecule has 0 aliphatic carbocycles. The molecule has 0 aliphatic heterocycles. The molecule has 4 aromatic heterocycles. The van der Waals surface area contributed by atoms with Gasteiger partial charge in [-0.1, -0.05) is 24.3 Å². The average molecular weight is 577 g/mol. The minimum atomic E-state index is -0.356. The van der Waals surface area contributed by atoms with Crippen molar-refractivity contribution in [3.05, 3.63) is 94.7 Å². The Morgan fingerprint density at radius 2 is 0.789 bits per heavy atom. The zero-order valence-corrected chi connectivity index (χ0v) is 22.3. The Bertz CT molecular complexity index is 2060. The van der Waals surface area contributed by atoms with Crippen LogP contribution in [0.25, 0.3) is 72.0 Å². The molecule has 0 nitrogen and oxygen atoms in total. The van der Waals surface area contributed by atoms with Crippen LogP contribution in [0.3, 0.4) is 0 Å². The minimum Gasteiger partial charge on any atom is -0.207 e. The fourth-order valence-electron chi connectivity index (χ4n) is 5.20. The first-order valence-electron chi connectivity index (χ1n) is 11.6. The van der Waals surface area contributed by atoms with E-state index in [4.69, 9.17) is 0 Å². The molecular weight excluding hydrogens is 565 g/mol. The molecule has 8 heteroatoms. The fourth-order valence-corrected chi connectivity index (χ4v) is 9.79. The smallest absolute Gasteiger partial charge is 0.185 e. The quantitative estimate of drug-likeness (QED) is 0.180. The summed E-state index contributed by atoms with van der Waals surface area (Å²) in [5.41, 5.74) is 2.30. The predicted molar refractivity (Wildman–Crippen MR) is 156 cm³/mol. The maximum Gasteiger partial charge on any atom is 0.185 e. The lowest BCUT2D eigenvalue weighted by molar-refractivity contribution is 0.627. The maximum absolute atomic E-state index is 15.1. The van der Waals surface area contributed by atoms with Crippen molar-refractivity contribution in [3.8, 4) is 22.3 Å². The molecule has 0 radical (unpaired) electrons. The van der Waals surface area contributed by atoms with Crippen molar-refractivity contribution < 1.29 is 17.6 Å². The second kappa shape index (κ2) is 8.10. The Morgan fingerprint density at radius 3 is 1.21 bits per heavy atom. The van der Waals surface area contributed by atoms with Crippen LogP contribution in [0.1, 0.15) is 0 Å². The molecule has 0 saturated carbocycles. The Labute approximate surface area is 228 Å². The van der Waals surface area contributed by atoms with Crippen molar-refractivity contribution >= 4 is 95.1 Å². The number of hydrogen-bond acceptors (Lipinski definition) is 4. The molecule has 8 rings (SSSR count). The average Bonchev–Trinajstić information content (AvgIpc) is 3.60. The second-order valence-corrected chi connectivity index (χ2v) is 13.4. The van der Waals surface area contributed by atoms with Gasteiger partial charge in [-0.3, -0.25) is 0 Å². The highest BCUT2D eigenvalue weighted by molar-refractivity contribution is 7.44. The number of fused-ring (bicyclic) bond motifs is 7. The third-order valence-corrected chi connectivity index (χ3v) is 11.2. The van der Waals surface area contributed by atoms with Crippen molar-refractivity contribution in [3.63, 3.8) is 0 Å². The first-order chi connectivity index (χ1) is 18.4. The van der Waals surface area contributed by atoms with E-state index < -0.39 is 0 Å². The molecule has 38 heavy (non-hydrogen) atoms. The fraction of sp³-hybridized carbons (Fsp3) is 0. The van der Waals surface area contributed by atoms with Crippen molar-refractivity contribution in [1.82, 2.24) is 0 Å². The van der Waals surface area contributed by atoms with Crippen LogP contribution in [0, 0.1) is 21.9 Å². The lowest BCUT2D eigenvalue weighted by Crippen LogP contribution is -1.80. The van der Waals surface area contributed by atoms with Crippen molar-refractivity contribution in [1.29, 1.82) is 0 Å². The zero-order valence-electron chi connectivity index (χ0n) is 19.1. The van der Waals surface area contributed by atoms with Crippen LogP contribution in [0.2, 0.25) is 0 Å². The molecule has 0 saturated heterocycles. The third-order valence-electron chi connectivity index (χ3n) is 6.91. The van der Waals surface area contributed by atoms with Crippen molar-refractivity contribution in [2.75, 3.05) is 0 Å². The molecule has 4 aromatic carbocycles. The summed E-state index contributed by atoms with van der Waals surface area (Å²) in [6.07, 6.45) is 0. The molecule has 0 N–H and O–H groups in total. The molecule has 4 heterocycles. The van der Waals surface area contributed by atoms with Crippen LogP contribution in [-0.2, 0) is 0 Å². The molecule has 0 fully saturated rings. The standard InChI is InChI=1S/C30H12F4S4/c31-15-5-1-13(2-6-15)25-17-9-23-19(11-21(17)35-28(25)33)27-20-12-22-18(10-24(20)38-30(27)37-23)26(29(34)36-22)14-3-7-16(32)8-4-14/h1-12H. The van der Waals surface area contributed by atoms with Gasteiger partial charge in [-0.2, -0.15) is 8.78 Å². The zero-order chi connectivity index (χ0) is 25.7. The van der Waals surface area contributed by atoms with E-state index in [1.165, 1.54) is 24.3 Å². The molecule has 0 aliphatic rings. The third kappa shape index (κ3) is 3.24. The van der Waals surface area contributed by atoms with Crippen molar-refractivity contribution in [2.24, 2.45) is 0 Å². The molecule has 0 bridgehead atoms. The molecular formula is C30H12F4S4. The normalized spacial score (nSPS) is 12.2.